The third kappa shape index (κ3) is 2.47. The molecule has 4 rings (SSSR count). The van der Waals surface area contributed by atoms with Crippen molar-refractivity contribution in [2.45, 2.75) is 6.04 Å². The van der Waals surface area contributed by atoms with Crippen molar-refractivity contribution in [2.75, 3.05) is 11.9 Å². The minimum absolute atomic E-state index is 0.214. The molecule has 130 valence electrons. The first kappa shape index (κ1) is 16.1. The van der Waals surface area contributed by atoms with Crippen LogP contribution in [0, 0.1) is 0 Å². The molecule has 1 aliphatic heterocycles. The summed E-state index contributed by atoms with van der Waals surface area (Å²) in [5.74, 6) is 0.437. The zero-order chi connectivity index (χ0) is 18.3. The number of aromatic nitrogens is 2. The Balaban J connectivity index is 2.02. The molecule has 2 aromatic carbocycles. The van der Waals surface area contributed by atoms with Crippen molar-refractivity contribution in [3.05, 3.63) is 92.6 Å². The highest BCUT2D eigenvalue weighted by atomic mass is 16.2. The van der Waals surface area contributed by atoms with E-state index in [2.05, 4.69) is 4.98 Å². The Kier molecular flexibility index (Phi) is 3.80. The van der Waals surface area contributed by atoms with Crippen molar-refractivity contribution >= 4 is 17.2 Å². The van der Waals surface area contributed by atoms with Gasteiger partial charge in [-0.05, 0) is 11.1 Å². The molecule has 0 saturated heterocycles. The topological polar surface area (TPSA) is 70.5 Å². The van der Waals surface area contributed by atoms with Crippen LogP contribution in [0.5, 0.6) is 0 Å². The van der Waals surface area contributed by atoms with Crippen molar-refractivity contribution < 1.29 is 0 Å². The van der Waals surface area contributed by atoms with Gasteiger partial charge in [0.2, 0.25) is 0 Å². The van der Waals surface area contributed by atoms with E-state index in [1.165, 1.54) is 7.05 Å². The third-order valence-electron chi connectivity index (χ3n) is 4.68. The number of hydrogen-bond donors (Lipinski definition) is 1. The average molecular weight is 346 g/mol. The van der Waals surface area contributed by atoms with Crippen LogP contribution in [0.25, 0.3) is 0 Å². The molecular weight excluding hydrogens is 328 g/mol. The Morgan fingerprint density at radius 3 is 2.19 bits per heavy atom. The van der Waals surface area contributed by atoms with E-state index in [0.717, 1.165) is 21.4 Å². The quantitative estimate of drug-likeness (QED) is 0.774. The molecule has 1 aliphatic rings. The predicted molar refractivity (Wildman–Crippen MR) is 103 cm³/mol. The third-order valence-corrected chi connectivity index (χ3v) is 4.68. The van der Waals surface area contributed by atoms with Crippen molar-refractivity contribution in [1.82, 2.24) is 9.55 Å². The number of H-pyrrole nitrogens is 1. The molecule has 0 bridgehead atoms. The van der Waals surface area contributed by atoms with E-state index >= 15 is 0 Å². The van der Waals surface area contributed by atoms with Crippen LogP contribution in [0.2, 0.25) is 0 Å². The summed E-state index contributed by atoms with van der Waals surface area (Å²) >= 11 is 0. The zero-order valence-electron chi connectivity index (χ0n) is 14.5. The van der Waals surface area contributed by atoms with Crippen molar-refractivity contribution in [3.63, 3.8) is 0 Å². The van der Waals surface area contributed by atoms with Crippen LogP contribution < -0.4 is 16.1 Å². The Labute approximate surface area is 150 Å². The van der Waals surface area contributed by atoms with Gasteiger partial charge in [0.15, 0.2) is 5.69 Å². The van der Waals surface area contributed by atoms with Crippen LogP contribution in [-0.4, -0.2) is 22.3 Å². The number of anilines is 1. The van der Waals surface area contributed by atoms with Crippen molar-refractivity contribution in [2.24, 2.45) is 12.0 Å². The lowest BCUT2D eigenvalue weighted by Crippen LogP contribution is -2.41. The molecule has 0 amide bonds. The molecule has 1 atom stereocenters. The van der Waals surface area contributed by atoms with Crippen LogP contribution in [-0.2, 0) is 7.05 Å². The minimum atomic E-state index is -0.453. The number of likely N-dealkylation sites (N-methyl/N-ethyl adjacent to an activating group) is 1. The largest absolute Gasteiger partial charge is 0.346 e. The van der Waals surface area contributed by atoms with Gasteiger partial charge in [-0.3, -0.25) is 14.3 Å². The lowest BCUT2D eigenvalue weighted by molar-refractivity contribution is 0.741. The fourth-order valence-electron chi connectivity index (χ4n) is 3.29. The first-order valence-electron chi connectivity index (χ1n) is 8.33. The first-order valence-corrected chi connectivity index (χ1v) is 8.33. The standard InChI is InChI=1S/C20H18N4O2/c1-23-17(14-11-7-4-8-12-14)15(13-9-5-3-6-10-13)21-16-18(23)22-20(26)24(2)19(16)25/h3-12,17H,1-2H3,(H,22,26). The summed E-state index contributed by atoms with van der Waals surface area (Å²) in [6, 6.07) is 19.5. The smallest absolute Gasteiger partial charge is 0.329 e. The van der Waals surface area contributed by atoms with Crippen LogP contribution in [0.15, 0.2) is 75.2 Å². The zero-order valence-corrected chi connectivity index (χ0v) is 14.5. The number of nitrogens with one attached hydrogen (secondary N) is 1. The molecule has 2 heterocycles. The fraction of sp³-hybridized carbons (Fsp3) is 0.150. The van der Waals surface area contributed by atoms with Crippen molar-refractivity contribution in [1.29, 1.82) is 0 Å². The lowest BCUT2D eigenvalue weighted by Gasteiger charge is -2.35. The highest BCUT2D eigenvalue weighted by Crippen LogP contribution is 2.37. The Morgan fingerprint density at radius 2 is 1.54 bits per heavy atom. The SMILES string of the molecule is CN1c2[nH]c(=O)n(C)c(=O)c2N=C(c2ccccc2)C1c1ccccc1. The van der Waals surface area contributed by atoms with Gasteiger partial charge in [0.1, 0.15) is 5.82 Å². The molecule has 1 aromatic heterocycles. The summed E-state index contributed by atoms with van der Waals surface area (Å²) < 4.78 is 1.04. The lowest BCUT2D eigenvalue weighted by atomic mass is 9.94. The molecule has 0 saturated carbocycles. The number of aliphatic imine (C=N–C) groups is 1. The van der Waals surface area contributed by atoms with E-state index in [0.29, 0.717) is 5.82 Å². The van der Waals surface area contributed by atoms with Gasteiger partial charge in [-0.1, -0.05) is 60.7 Å². The molecule has 1 unspecified atom stereocenters. The molecule has 3 aromatic rings. The van der Waals surface area contributed by atoms with Gasteiger partial charge < -0.3 is 4.90 Å². The Hall–Kier alpha value is -3.41. The number of nitrogens with zero attached hydrogens (tertiary/aromatic N) is 3. The molecule has 6 nitrogen and oxygen atoms in total. The molecule has 1 N–H and O–H groups in total. The maximum Gasteiger partial charge on any atom is 0.329 e. The number of hydrogen-bond acceptors (Lipinski definition) is 4. The highest BCUT2D eigenvalue weighted by Gasteiger charge is 2.32. The monoisotopic (exact) mass is 346 g/mol. The summed E-state index contributed by atoms with van der Waals surface area (Å²) in [6.07, 6.45) is 0. The average Bonchev–Trinajstić information content (AvgIpc) is 2.68. The first-order chi connectivity index (χ1) is 12.6. The predicted octanol–water partition coefficient (Wildman–Crippen LogP) is 2.39. The van der Waals surface area contributed by atoms with Gasteiger partial charge in [-0.15, -0.1) is 0 Å². The summed E-state index contributed by atoms with van der Waals surface area (Å²) in [5.41, 5.74) is 2.13. The molecule has 26 heavy (non-hydrogen) atoms. The minimum Gasteiger partial charge on any atom is -0.346 e. The van der Waals surface area contributed by atoms with Crippen LogP contribution >= 0.6 is 0 Å². The van der Waals surface area contributed by atoms with Crippen LogP contribution in [0.3, 0.4) is 0 Å². The number of rotatable bonds is 2. The van der Waals surface area contributed by atoms with Crippen molar-refractivity contribution in [3.8, 4) is 0 Å². The van der Waals surface area contributed by atoms with E-state index in [4.69, 9.17) is 4.99 Å². The fourth-order valence-corrected chi connectivity index (χ4v) is 3.29. The van der Waals surface area contributed by atoms with Gasteiger partial charge in [-0.2, -0.15) is 0 Å². The van der Waals surface area contributed by atoms with E-state index < -0.39 is 11.2 Å². The van der Waals surface area contributed by atoms with Gasteiger partial charge in [0.05, 0.1) is 11.8 Å². The summed E-state index contributed by atoms with van der Waals surface area (Å²) in [7, 11) is 3.31. The second-order valence-corrected chi connectivity index (χ2v) is 6.28. The van der Waals surface area contributed by atoms with Crippen LogP contribution in [0.4, 0.5) is 11.5 Å². The van der Waals surface area contributed by atoms with E-state index in [1.54, 1.807) is 0 Å². The normalized spacial score (nSPS) is 16.2. The second kappa shape index (κ2) is 6.15. The van der Waals surface area contributed by atoms with Gasteiger partial charge in [-0.25, -0.2) is 9.79 Å². The number of fused-ring (bicyclic) bond motifs is 1. The van der Waals surface area contributed by atoms with E-state index in [9.17, 15) is 9.59 Å². The van der Waals surface area contributed by atoms with Gasteiger partial charge in [0.25, 0.3) is 5.56 Å². The summed E-state index contributed by atoms with van der Waals surface area (Å²) in [4.78, 5) is 34.1. The second-order valence-electron chi connectivity index (χ2n) is 6.28. The number of aromatic amines is 1. The maximum atomic E-state index is 12.6. The molecule has 0 radical (unpaired) electrons. The Morgan fingerprint density at radius 1 is 0.923 bits per heavy atom. The van der Waals surface area contributed by atoms with Gasteiger partial charge in [0, 0.05) is 14.1 Å². The highest BCUT2D eigenvalue weighted by molar-refractivity contribution is 6.09. The molecular formula is C20H18N4O2. The van der Waals surface area contributed by atoms with E-state index in [-0.39, 0.29) is 11.7 Å². The Bertz CT molecular complexity index is 1100. The molecule has 0 spiro atoms. The molecule has 0 aliphatic carbocycles. The van der Waals surface area contributed by atoms with Gasteiger partial charge >= 0.3 is 5.69 Å². The molecule has 0 fully saturated rings. The maximum absolute atomic E-state index is 12.6. The summed E-state index contributed by atoms with van der Waals surface area (Å²) in [6.45, 7) is 0. The number of benzene rings is 2. The molecule has 6 heteroatoms. The van der Waals surface area contributed by atoms with Crippen LogP contribution in [0.1, 0.15) is 17.2 Å². The summed E-state index contributed by atoms with van der Waals surface area (Å²) in [5, 5.41) is 0. The van der Waals surface area contributed by atoms with E-state index in [1.807, 2.05) is 72.6 Å².